The standard InChI is InChI=1S/C32H35NO4/c1-4-36-30(34)11-7-10-29-31(27-8-5-6-9-28(27)33-29)32(35)25-16-18-26(19-17-25)37-21-24-14-12-23(13-15-24)20-22(2)3/h5-6,8-9,12-19,22,33H,4,7,10-11,20-21H2,1-3H3. The zero-order valence-corrected chi connectivity index (χ0v) is 21.9. The Morgan fingerprint density at radius 3 is 2.30 bits per heavy atom. The number of aryl methyl sites for hydroxylation is 1. The van der Waals surface area contributed by atoms with Crippen molar-refractivity contribution in [1.29, 1.82) is 0 Å². The number of ether oxygens (including phenoxy) is 2. The quantitative estimate of drug-likeness (QED) is 0.168. The van der Waals surface area contributed by atoms with Gasteiger partial charge in [0.2, 0.25) is 0 Å². The van der Waals surface area contributed by atoms with Gasteiger partial charge >= 0.3 is 5.97 Å². The van der Waals surface area contributed by atoms with Gasteiger partial charge in [0, 0.05) is 28.6 Å². The molecule has 0 unspecified atom stereocenters. The largest absolute Gasteiger partial charge is 0.489 e. The number of aromatic nitrogens is 1. The Balaban J connectivity index is 1.44. The SMILES string of the molecule is CCOC(=O)CCCc1[nH]c2ccccc2c1C(=O)c1ccc(OCc2ccc(CC(C)C)cc2)cc1. The van der Waals surface area contributed by atoms with Crippen molar-refractivity contribution in [1.82, 2.24) is 4.98 Å². The summed E-state index contributed by atoms with van der Waals surface area (Å²) in [6, 6.07) is 23.6. The van der Waals surface area contributed by atoms with Crippen LogP contribution in [0.25, 0.3) is 10.9 Å². The van der Waals surface area contributed by atoms with Crippen LogP contribution in [0.2, 0.25) is 0 Å². The molecule has 4 aromatic rings. The van der Waals surface area contributed by atoms with Gasteiger partial charge in [0.15, 0.2) is 5.78 Å². The number of hydrogen-bond acceptors (Lipinski definition) is 4. The molecule has 0 spiro atoms. The number of ketones is 1. The lowest BCUT2D eigenvalue weighted by Gasteiger charge is -2.09. The van der Waals surface area contributed by atoms with Gasteiger partial charge in [-0.25, -0.2) is 0 Å². The summed E-state index contributed by atoms with van der Waals surface area (Å²) in [4.78, 5) is 28.7. The van der Waals surface area contributed by atoms with Crippen LogP contribution < -0.4 is 4.74 Å². The molecule has 3 aromatic carbocycles. The van der Waals surface area contributed by atoms with Gasteiger partial charge < -0.3 is 14.5 Å². The average molecular weight is 498 g/mol. The maximum absolute atomic E-state index is 13.6. The van der Waals surface area contributed by atoms with Gasteiger partial charge in [0.1, 0.15) is 12.4 Å². The van der Waals surface area contributed by atoms with E-state index in [9.17, 15) is 9.59 Å². The lowest BCUT2D eigenvalue weighted by Crippen LogP contribution is -2.07. The Kier molecular flexibility index (Phi) is 8.78. The van der Waals surface area contributed by atoms with E-state index in [1.807, 2.05) is 48.5 Å². The number of benzene rings is 3. The minimum atomic E-state index is -0.214. The van der Waals surface area contributed by atoms with Gasteiger partial charge in [-0.05, 0) is 73.6 Å². The van der Waals surface area contributed by atoms with E-state index in [0.29, 0.717) is 49.5 Å². The second-order valence-electron chi connectivity index (χ2n) is 9.74. The molecule has 0 aliphatic heterocycles. The number of carbonyl (C=O) groups excluding carboxylic acids is 2. The third-order valence-electron chi connectivity index (χ3n) is 6.31. The van der Waals surface area contributed by atoms with Gasteiger partial charge in [0.25, 0.3) is 0 Å². The lowest BCUT2D eigenvalue weighted by molar-refractivity contribution is -0.143. The molecule has 1 heterocycles. The fourth-order valence-electron chi connectivity index (χ4n) is 4.54. The van der Waals surface area contributed by atoms with Crippen molar-refractivity contribution in [2.75, 3.05) is 6.61 Å². The van der Waals surface area contributed by atoms with Crippen LogP contribution in [0.4, 0.5) is 0 Å². The molecule has 0 fully saturated rings. The van der Waals surface area contributed by atoms with Crippen molar-refractivity contribution >= 4 is 22.7 Å². The minimum absolute atomic E-state index is 0.0455. The number of esters is 1. The Morgan fingerprint density at radius 1 is 0.892 bits per heavy atom. The molecule has 37 heavy (non-hydrogen) atoms. The molecule has 0 aliphatic rings. The third-order valence-corrected chi connectivity index (χ3v) is 6.31. The first-order chi connectivity index (χ1) is 17.9. The number of carbonyl (C=O) groups is 2. The second kappa shape index (κ2) is 12.4. The second-order valence-corrected chi connectivity index (χ2v) is 9.74. The van der Waals surface area contributed by atoms with Crippen LogP contribution in [0.3, 0.4) is 0 Å². The molecule has 1 aromatic heterocycles. The Labute approximate surface area is 218 Å². The summed E-state index contributed by atoms with van der Waals surface area (Å²) in [5.74, 6) is 1.09. The number of aromatic amines is 1. The predicted octanol–water partition coefficient (Wildman–Crippen LogP) is 7.06. The van der Waals surface area contributed by atoms with Crippen LogP contribution in [0.1, 0.15) is 66.4 Å². The maximum Gasteiger partial charge on any atom is 0.305 e. The predicted molar refractivity (Wildman–Crippen MR) is 147 cm³/mol. The van der Waals surface area contributed by atoms with Crippen LogP contribution in [-0.2, 0) is 29.0 Å². The summed E-state index contributed by atoms with van der Waals surface area (Å²) < 4.78 is 11.0. The molecule has 0 bridgehead atoms. The summed E-state index contributed by atoms with van der Waals surface area (Å²) in [5, 5.41) is 0.889. The molecule has 0 saturated carbocycles. The molecule has 4 rings (SSSR count). The number of H-pyrrole nitrogens is 1. The normalized spacial score (nSPS) is 11.1. The van der Waals surface area contributed by atoms with E-state index in [4.69, 9.17) is 9.47 Å². The van der Waals surface area contributed by atoms with Crippen molar-refractivity contribution in [2.45, 2.75) is 53.1 Å². The van der Waals surface area contributed by atoms with E-state index < -0.39 is 0 Å². The lowest BCUT2D eigenvalue weighted by atomic mass is 9.98. The van der Waals surface area contributed by atoms with Crippen molar-refractivity contribution in [3.05, 3.63) is 101 Å². The van der Waals surface area contributed by atoms with Crippen molar-refractivity contribution < 1.29 is 19.1 Å². The fraction of sp³-hybridized carbons (Fsp3) is 0.312. The van der Waals surface area contributed by atoms with Crippen molar-refractivity contribution in [3.8, 4) is 5.75 Å². The summed E-state index contributed by atoms with van der Waals surface area (Å²) in [7, 11) is 0. The van der Waals surface area contributed by atoms with Gasteiger partial charge in [-0.15, -0.1) is 0 Å². The Bertz CT molecular complexity index is 1330. The molecule has 0 aliphatic carbocycles. The average Bonchev–Trinajstić information content (AvgIpc) is 3.26. The Hall–Kier alpha value is -3.86. The van der Waals surface area contributed by atoms with E-state index in [0.717, 1.165) is 34.3 Å². The highest BCUT2D eigenvalue weighted by Gasteiger charge is 2.20. The summed E-state index contributed by atoms with van der Waals surface area (Å²) in [5.41, 5.74) is 5.46. The maximum atomic E-state index is 13.6. The monoisotopic (exact) mass is 497 g/mol. The highest BCUT2D eigenvalue weighted by Crippen LogP contribution is 2.27. The molecule has 1 N–H and O–H groups in total. The number of nitrogens with one attached hydrogen (secondary N) is 1. The van der Waals surface area contributed by atoms with Crippen LogP contribution in [0, 0.1) is 5.92 Å². The first-order valence-electron chi connectivity index (χ1n) is 13.0. The van der Waals surface area contributed by atoms with E-state index in [1.54, 1.807) is 6.92 Å². The molecule has 0 saturated heterocycles. The van der Waals surface area contributed by atoms with Gasteiger partial charge in [-0.3, -0.25) is 9.59 Å². The molecular weight excluding hydrogens is 462 g/mol. The molecule has 5 heteroatoms. The number of rotatable bonds is 12. The summed E-state index contributed by atoms with van der Waals surface area (Å²) >= 11 is 0. The summed E-state index contributed by atoms with van der Waals surface area (Å²) in [6.07, 6.45) is 2.59. The van der Waals surface area contributed by atoms with Gasteiger partial charge in [0.05, 0.1) is 12.2 Å². The summed E-state index contributed by atoms with van der Waals surface area (Å²) in [6.45, 7) is 7.09. The zero-order chi connectivity index (χ0) is 26.2. The number of fused-ring (bicyclic) bond motifs is 1. The molecular formula is C32H35NO4. The molecule has 0 radical (unpaired) electrons. The highest BCUT2D eigenvalue weighted by molar-refractivity contribution is 6.17. The molecule has 192 valence electrons. The highest BCUT2D eigenvalue weighted by atomic mass is 16.5. The molecule has 0 atom stereocenters. The smallest absolute Gasteiger partial charge is 0.305 e. The first-order valence-corrected chi connectivity index (χ1v) is 13.0. The zero-order valence-electron chi connectivity index (χ0n) is 21.9. The van der Waals surface area contributed by atoms with Crippen LogP contribution in [-0.4, -0.2) is 23.3 Å². The van der Waals surface area contributed by atoms with E-state index in [-0.39, 0.29) is 11.8 Å². The van der Waals surface area contributed by atoms with E-state index in [1.165, 1.54) is 5.56 Å². The number of para-hydroxylation sites is 1. The first kappa shape index (κ1) is 26.2. The minimum Gasteiger partial charge on any atom is -0.489 e. The van der Waals surface area contributed by atoms with Crippen molar-refractivity contribution in [3.63, 3.8) is 0 Å². The molecule has 0 amide bonds. The van der Waals surface area contributed by atoms with E-state index >= 15 is 0 Å². The number of hydrogen-bond donors (Lipinski definition) is 1. The Morgan fingerprint density at radius 2 is 1.59 bits per heavy atom. The molecule has 5 nitrogen and oxygen atoms in total. The van der Waals surface area contributed by atoms with E-state index in [2.05, 4.69) is 43.1 Å². The van der Waals surface area contributed by atoms with Crippen LogP contribution in [0.15, 0.2) is 72.8 Å². The van der Waals surface area contributed by atoms with Crippen LogP contribution in [0.5, 0.6) is 5.75 Å². The third kappa shape index (κ3) is 6.88. The topological polar surface area (TPSA) is 68.4 Å². The van der Waals surface area contributed by atoms with Crippen LogP contribution >= 0.6 is 0 Å². The van der Waals surface area contributed by atoms with Crippen molar-refractivity contribution in [2.24, 2.45) is 5.92 Å². The van der Waals surface area contributed by atoms with Gasteiger partial charge in [-0.2, -0.15) is 0 Å². The fourth-order valence-corrected chi connectivity index (χ4v) is 4.54. The van der Waals surface area contributed by atoms with Gasteiger partial charge in [-0.1, -0.05) is 56.3 Å².